The van der Waals surface area contributed by atoms with E-state index in [4.69, 9.17) is 0 Å². The van der Waals surface area contributed by atoms with E-state index in [0.717, 1.165) is 40.4 Å². The number of phenols is 1. The van der Waals surface area contributed by atoms with Crippen molar-refractivity contribution in [1.82, 2.24) is 0 Å². The van der Waals surface area contributed by atoms with Gasteiger partial charge in [0.25, 0.3) is 0 Å². The van der Waals surface area contributed by atoms with Crippen LogP contribution in [0, 0.1) is 6.92 Å². The summed E-state index contributed by atoms with van der Waals surface area (Å²) in [6, 6.07) is 4.09. The lowest BCUT2D eigenvalue weighted by molar-refractivity contribution is 0.466. The van der Waals surface area contributed by atoms with Gasteiger partial charge in [-0.2, -0.15) is 11.8 Å². The summed E-state index contributed by atoms with van der Waals surface area (Å²) in [6.45, 7) is 6.44. The van der Waals surface area contributed by atoms with Crippen molar-refractivity contribution in [1.29, 1.82) is 0 Å². The highest BCUT2D eigenvalue weighted by Gasteiger charge is 2.10. The Kier molecular flexibility index (Phi) is 15.8. The van der Waals surface area contributed by atoms with E-state index in [9.17, 15) is 9.32 Å². The van der Waals surface area contributed by atoms with Gasteiger partial charge in [-0.3, -0.25) is 4.21 Å². The van der Waals surface area contributed by atoms with Crippen LogP contribution < -0.4 is 0 Å². The first-order valence-electron chi connectivity index (χ1n) is 11.8. The average molecular weight is 441 g/mol. The Hall–Kier alpha value is -0.480. The third-order valence-corrected chi connectivity index (χ3v) is 7.88. The molecule has 168 valence electrons. The summed E-state index contributed by atoms with van der Waals surface area (Å²) >= 11 is 1.91. The van der Waals surface area contributed by atoms with Crippen molar-refractivity contribution in [2.75, 3.05) is 11.5 Å². The molecule has 0 radical (unpaired) electrons. The molecule has 0 aromatic heterocycles. The number of hydrogen-bond donors (Lipinski definition) is 1. The monoisotopic (exact) mass is 440 g/mol. The van der Waals surface area contributed by atoms with Gasteiger partial charge in [0, 0.05) is 33.6 Å². The van der Waals surface area contributed by atoms with E-state index in [1.54, 1.807) is 0 Å². The minimum atomic E-state index is -0.803. The molecule has 2 nitrogen and oxygen atoms in total. The molecule has 0 bridgehead atoms. The molecule has 4 heteroatoms. The Morgan fingerprint density at radius 3 is 2.10 bits per heavy atom. The molecule has 0 saturated heterocycles. The summed E-state index contributed by atoms with van der Waals surface area (Å²) in [4.78, 5) is 0. The fourth-order valence-electron chi connectivity index (χ4n) is 3.59. The number of rotatable bonds is 18. The fourth-order valence-corrected chi connectivity index (χ4v) is 5.80. The predicted octanol–water partition coefficient (Wildman–Crippen LogP) is 7.90. The van der Waals surface area contributed by atoms with Crippen LogP contribution in [-0.4, -0.2) is 20.8 Å². The van der Waals surface area contributed by atoms with E-state index in [2.05, 4.69) is 19.9 Å². The van der Waals surface area contributed by atoms with Crippen LogP contribution in [0.2, 0.25) is 0 Å². The molecule has 0 aliphatic carbocycles. The van der Waals surface area contributed by atoms with Crippen LogP contribution >= 0.6 is 11.8 Å². The topological polar surface area (TPSA) is 37.3 Å². The van der Waals surface area contributed by atoms with Gasteiger partial charge in [0.1, 0.15) is 5.75 Å². The van der Waals surface area contributed by atoms with Crippen LogP contribution in [0.15, 0.2) is 12.1 Å². The van der Waals surface area contributed by atoms with Crippen molar-refractivity contribution in [3.05, 3.63) is 28.8 Å². The maximum Gasteiger partial charge on any atom is 0.122 e. The number of aryl methyl sites for hydroxylation is 1. The lowest BCUT2D eigenvalue weighted by Gasteiger charge is -2.11. The van der Waals surface area contributed by atoms with Gasteiger partial charge in [0.05, 0.1) is 0 Å². The van der Waals surface area contributed by atoms with Gasteiger partial charge in [0.15, 0.2) is 0 Å². The highest BCUT2D eigenvalue weighted by molar-refractivity contribution is 7.98. The van der Waals surface area contributed by atoms with Crippen molar-refractivity contribution in [3.63, 3.8) is 0 Å². The molecule has 0 aliphatic heterocycles. The standard InChI is InChI=1S/C25H44O2S2/c1-4-6-8-10-12-14-16-28-20-24-19-23(18-22(3)25(24)26)21-29(27)17-15-13-11-9-7-5-2/h18-19,26H,4-17,20-21H2,1-3H3. The molecule has 0 spiro atoms. The minimum Gasteiger partial charge on any atom is -0.507 e. The second-order valence-corrected chi connectivity index (χ2v) is 11.0. The number of thioether (sulfide) groups is 1. The maximum absolute atomic E-state index is 12.5. The van der Waals surface area contributed by atoms with E-state index in [-0.39, 0.29) is 0 Å². The molecular formula is C25H44O2S2. The largest absolute Gasteiger partial charge is 0.507 e. The Labute approximate surface area is 187 Å². The lowest BCUT2D eigenvalue weighted by Crippen LogP contribution is -2.02. The van der Waals surface area contributed by atoms with Crippen molar-refractivity contribution < 1.29 is 9.32 Å². The van der Waals surface area contributed by atoms with E-state index >= 15 is 0 Å². The summed E-state index contributed by atoms with van der Waals surface area (Å²) in [5, 5.41) is 10.4. The third kappa shape index (κ3) is 12.7. The zero-order valence-electron chi connectivity index (χ0n) is 19.1. The van der Waals surface area contributed by atoms with E-state index in [0.29, 0.717) is 11.5 Å². The molecule has 1 aromatic carbocycles. The number of hydrogen-bond acceptors (Lipinski definition) is 3. The quantitative estimate of drug-likeness (QED) is 0.236. The normalized spacial score (nSPS) is 12.4. The van der Waals surface area contributed by atoms with Gasteiger partial charge in [-0.05, 0) is 36.6 Å². The molecule has 1 rings (SSSR count). The molecule has 1 aromatic rings. The molecule has 1 atom stereocenters. The molecule has 1 N–H and O–H groups in total. The zero-order valence-corrected chi connectivity index (χ0v) is 20.8. The van der Waals surface area contributed by atoms with E-state index in [1.807, 2.05) is 24.8 Å². The first-order chi connectivity index (χ1) is 14.1. The predicted molar refractivity (Wildman–Crippen MR) is 132 cm³/mol. The van der Waals surface area contributed by atoms with Gasteiger partial charge in [0.2, 0.25) is 0 Å². The van der Waals surface area contributed by atoms with Crippen LogP contribution in [0.4, 0.5) is 0 Å². The van der Waals surface area contributed by atoms with Crippen LogP contribution in [-0.2, 0) is 22.3 Å². The summed E-state index contributed by atoms with van der Waals surface area (Å²) in [7, 11) is -0.803. The maximum atomic E-state index is 12.5. The van der Waals surface area contributed by atoms with Crippen LogP contribution in [0.25, 0.3) is 0 Å². The molecule has 0 amide bonds. The fraction of sp³-hybridized carbons (Fsp3) is 0.760. The summed E-state index contributed by atoms with van der Waals surface area (Å²) < 4.78 is 12.5. The highest BCUT2D eigenvalue weighted by atomic mass is 32.2. The van der Waals surface area contributed by atoms with Gasteiger partial charge >= 0.3 is 0 Å². The summed E-state index contributed by atoms with van der Waals surface area (Å²) in [5.41, 5.74) is 3.03. The first-order valence-corrected chi connectivity index (χ1v) is 14.5. The Bertz CT molecular complexity index is 572. The van der Waals surface area contributed by atoms with Crippen LogP contribution in [0.5, 0.6) is 5.75 Å². The van der Waals surface area contributed by atoms with Crippen LogP contribution in [0.1, 0.15) is 108 Å². The van der Waals surface area contributed by atoms with Crippen molar-refractivity contribution in [2.24, 2.45) is 0 Å². The Morgan fingerprint density at radius 2 is 1.45 bits per heavy atom. The SMILES string of the molecule is CCCCCCCCSCc1cc(CS(=O)CCCCCCCC)cc(C)c1O. The van der Waals surface area contributed by atoms with Crippen molar-refractivity contribution in [3.8, 4) is 5.75 Å². The first kappa shape index (κ1) is 26.6. The van der Waals surface area contributed by atoms with E-state index < -0.39 is 10.8 Å². The molecular weight excluding hydrogens is 396 g/mol. The smallest absolute Gasteiger partial charge is 0.122 e. The second kappa shape index (κ2) is 17.2. The van der Waals surface area contributed by atoms with Gasteiger partial charge in [-0.1, -0.05) is 90.2 Å². The van der Waals surface area contributed by atoms with Crippen LogP contribution in [0.3, 0.4) is 0 Å². The number of phenolic OH excluding ortho intramolecular Hbond substituents is 1. The Balaban J connectivity index is 2.35. The third-order valence-electron chi connectivity index (χ3n) is 5.39. The van der Waals surface area contributed by atoms with Gasteiger partial charge < -0.3 is 5.11 Å². The van der Waals surface area contributed by atoms with Crippen molar-refractivity contribution >= 4 is 22.6 Å². The lowest BCUT2D eigenvalue weighted by atomic mass is 10.1. The van der Waals surface area contributed by atoms with Crippen molar-refractivity contribution in [2.45, 2.75) is 109 Å². The molecule has 0 aliphatic rings. The second-order valence-electron chi connectivity index (χ2n) is 8.30. The minimum absolute atomic E-state index is 0.422. The summed E-state index contributed by atoms with van der Waals surface area (Å²) in [6.07, 6.45) is 15.4. The number of aromatic hydroxyl groups is 1. The molecule has 0 saturated carbocycles. The number of unbranched alkanes of at least 4 members (excludes halogenated alkanes) is 10. The molecule has 0 heterocycles. The Morgan fingerprint density at radius 1 is 0.862 bits per heavy atom. The summed E-state index contributed by atoms with van der Waals surface area (Å²) in [5.74, 6) is 3.84. The zero-order chi connectivity index (χ0) is 21.3. The molecule has 29 heavy (non-hydrogen) atoms. The van der Waals surface area contributed by atoms with Gasteiger partial charge in [-0.15, -0.1) is 0 Å². The van der Waals surface area contributed by atoms with E-state index in [1.165, 1.54) is 70.6 Å². The molecule has 0 fully saturated rings. The highest BCUT2D eigenvalue weighted by Crippen LogP contribution is 2.28. The van der Waals surface area contributed by atoms with Gasteiger partial charge in [-0.25, -0.2) is 0 Å². The molecule has 1 unspecified atom stereocenters. The number of benzene rings is 1. The average Bonchev–Trinajstić information content (AvgIpc) is 2.70.